The number of nitrogens with two attached hydrogens (primary N) is 1. The Balaban J connectivity index is 2.16. The van der Waals surface area contributed by atoms with Crippen molar-refractivity contribution in [1.29, 1.82) is 0 Å². The first kappa shape index (κ1) is 13.3. The van der Waals surface area contributed by atoms with E-state index in [0.717, 1.165) is 5.56 Å². The van der Waals surface area contributed by atoms with Gasteiger partial charge in [-0.25, -0.2) is 0 Å². The SMILES string of the molecule is N[C@@H](CO)c1nc(Cc2ccc(Cl)cc2Cl)no1. The molecule has 0 unspecified atom stereocenters. The Hall–Kier alpha value is -1.14. The van der Waals surface area contributed by atoms with Gasteiger partial charge in [-0.1, -0.05) is 34.4 Å². The van der Waals surface area contributed by atoms with Crippen molar-refractivity contribution in [3.8, 4) is 0 Å². The fourth-order valence-electron chi connectivity index (χ4n) is 1.40. The maximum absolute atomic E-state index is 8.87. The van der Waals surface area contributed by atoms with Gasteiger partial charge in [0, 0.05) is 16.5 Å². The number of nitrogens with zero attached hydrogens (tertiary/aromatic N) is 2. The Kier molecular flexibility index (Phi) is 4.19. The molecule has 1 aromatic heterocycles. The normalized spacial score (nSPS) is 12.7. The summed E-state index contributed by atoms with van der Waals surface area (Å²) in [5, 5.41) is 13.8. The Labute approximate surface area is 114 Å². The van der Waals surface area contributed by atoms with Gasteiger partial charge in [-0.2, -0.15) is 4.98 Å². The first-order valence-corrected chi connectivity index (χ1v) is 5.98. The van der Waals surface area contributed by atoms with E-state index in [-0.39, 0.29) is 12.5 Å². The molecule has 0 bridgehead atoms. The van der Waals surface area contributed by atoms with Crippen LogP contribution in [0, 0.1) is 0 Å². The van der Waals surface area contributed by atoms with E-state index in [9.17, 15) is 0 Å². The molecule has 0 saturated carbocycles. The van der Waals surface area contributed by atoms with Crippen LogP contribution < -0.4 is 5.73 Å². The van der Waals surface area contributed by atoms with Crippen LogP contribution in [0.15, 0.2) is 22.7 Å². The molecule has 2 aromatic rings. The standard InChI is InChI=1S/C11H11Cl2N3O2/c12-7-2-1-6(8(13)4-7)3-10-15-11(18-16-10)9(14)5-17/h1-2,4,9,17H,3,5,14H2/t9-/m0/s1. The van der Waals surface area contributed by atoms with Crippen LogP contribution in [0.5, 0.6) is 0 Å². The van der Waals surface area contributed by atoms with Crippen molar-refractivity contribution in [2.24, 2.45) is 5.73 Å². The summed E-state index contributed by atoms with van der Waals surface area (Å²) in [6.07, 6.45) is 0.414. The lowest BCUT2D eigenvalue weighted by Gasteiger charge is -2.01. The summed E-state index contributed by atoms with van der Waals surface area (Å²) >= 11 is 11.8. The van der Waals surface area contributed by atoms with E-state index in [4.69, 9.17) is 38.6 Å². The van der Waals surface area contributed by atoms with Crippen LogP contribution in [0.2, 0.25) is 10.0 Å². The van der Waals surface area contributed by atoms with Crippen molar-refractivity contribution in [1.82, 2.24) is 10.1 Å². The van der Waals surface area contributed by atoms with Gasteiger partial charge in [0.1, 0.15) is 6.04 Å². The molecule has 1 aromatic carbocycles. The van der Waals surface area contributed by atoms with E-state index < -0.39 is 6.04 Å². The highest BCUT2D eigenvalue weighted by atomic mass is 35.5. The summed E-state index contributed by atoms with van der Waals surface area (Å²) in [4.78, 5) is 4.09. The molecule has 5 nitrogen and oxygen atoms in total. The lowest BCUT2D eigenvalue weighted by Crippen LogP contribution is -2.14. The van der Waals surface area contributed by atoms with Crippen molar-refractivity contribution in [2.45, 2.75) is 12.5 Å². The Morgan fingerprint density at radius 1 is 1.39 bits per heavy atom. The third-order valence-electron chi connectivity index (χ3n) is 2.36. The van der Waals surface area contributed by atoms with E-state index in [1.807, 2.05) is 0 Å². The number of hydrogen-bond donors (Lipinski definition) is 2. The second-order valence-corrected chi connectivity index (χ2v) is 4.59. The quantitative estimate of drug-likeness (QED) is 0.898. The highest BCUT2D eigenvalue weighted by Crippen LogP contribution is 2.22. The van der Waals surface area contributed by atoms with E-state index in [2.05, 4.69) is 10.1 Å². The summed E-state index contributed by atoms with van der Waals surface area (Å²) in [6.45, 7) is -0.247. The summed E-state index contributed by atoms with van der Waals surface area (Å²) in [5.74, 6) is 0.663. The van der Waals surface area contributed by atoms with Crippen molar-refractivity contribution >= 4 is 23.2 Å². The summed E-state index contributed by atoms with van der Waals surface area (Å²) < 4.78 is 4.94. The molecule has 0 saturated heterocycles. The van der Waals surface area contributed by atoms with Crippen molar-refractivity contribution < 1.29 is 9.63 Å². The smallest absolute Gasteiger partial charge is 0.245 e. The topological polar surface area (TPSA) is 85.2 Å². The van der Waals surface area contributed by atoms with Crippen LogP contribution in [-0.2, 0) is 6.42 Å². The minimum atomic E-state index is -0.660. The molecular weight excluding hydrogens is 277 g/mol. The zero-order valence-corrected chi connectivity index (χ0v) is 10.8. The zero-order valence-electron chi connectivity index (χ0n) is 9.31. The predicted molar refractivity (Wildman–Crippen MR) is 67.6 cm³/mol. The fourth-order valence-corrected chi connectivity index (χ4v) is 1.88. The summed E-state index contributed by atoms with van der Waals surface area (Å²) in [6, 6.07) is 4.53. The minimum Gasteiger partial charge on any atom is -0.394 e. The second kappa shape index (κ2) is 5.67. The number of rotatable bonds is 4. The van der Waals surface area contributed by atoms with Gasteiger partial charge in [0.15, 0.2) is 5.82 Å². The van der Waals surface area contributed by atoms with Crippen LogP contribution in [0.25, 0.3) is 0 Å². The van der Waals surface area contributed by atoms with E-state index in [1.54, 1.807) is 18.2 Å². The lowest BCUT2D eigenvalue weighted by atomic mass is 10.1. The first-order chi connectivity index (χ1) is 8.60. The number of aliphatic hydroxyl groups excluding tert-OH is 1. The largest absolute Gasteiger partial charge is 0.394 e. The Morgan fingerprint density at radius 2 is 2.17 bits per heavy atom. The van der Waals surface area contributed by atoms with Gasteiger partial charge in [-0.05, 0) is 17.7 Å². The van der Waals surface area contributed by atoms with Crippen molar-refractivity contribution in [3.63, 3.8) is 0 Å². The predicted octanol–water partition coefficient (Wildman–Crippen LogP) is 1.96. The van der Waals surface area contributed by atoms with Crippen LogP contribution in [0.3, 0.4) is 0 Å². The average Bonchev–Trinajstić information content (AvgIpc) is 2.80. The van der Waals surface area contributed by atoms with Gasteiger partial charge in [0.25, 0.3) is 0 Å². The van der Waals surface area contributed by atoms with Crippen LogP contribution in [0.1, 0.15) is 23.3 Å². The maximum atomic E-state index is 8.87. The number of benzene rings is 1. The number of aromatic nitrogens is 2. The molecule has 0 amide bonds. The molecule has 0 aliphatic rings. The Bertz CT molecular complexity index is 545. The van der Waals surface area contributed by atoms with Crippen molar-refractivity contribution in [3.05, 3.63) is 45.5 Å². The molecule has 1 atom stereocenters. The van der Waals surface area contributed by atoms with Gasteiger partial charge in [0.05, 0.1) is 6.61 Å². The van der Waals surface area contributed by atoms with Crippen LogP contribution in [0.4, 0.5) is 0 Å². The minimum absolute atomic E-state index is 0.206. The van der Waals surface area contributed by atoms with Crippen molar-refractivity contribution in [2.75, 3.05) is 6.61 Å². The molecule has 2 rings (SSSR count). The summed E-state index contributed by atoms with van der Waals surface area (Å²) in [5.41, 5.74) is 6.40. The number of hydrogen-bond acceptors (Lipinski definition) is 5. The molecule has 3 N–H and O–H groups in total. The van der Waals surface area contributed by atoms with Crippen LogP contribution >= 0.6 is 23.2 Å². The molecule has 7 heteroatoms. The van der Waals surface area contributed by atoms with Gasteiger partial charge in [-0.3, -0.25) is 0 Å². The molecule has 18 heavy (non-hydrogen) atoms. The number of aliphatic hydroxyl groups is 1. The van der Waals surface area contributed by atoms with Gasteiger partial charge < -0.3 is 15.4 Å². The lowest BCUT2D eigenvalue weighted by molar-refractivity contribution is 0.236. The van der Waals surface area contributed by atoms with E-state index in [0.29, 0.717) is 22.3 Å². The van der Waals surface area contributed by atoms with E-state index in [1.165, 1.54) is 0 Å². The zero-order chi connectivity index (χ0) is 13.1. The number of halogens is 2. The third kappa shape index (κ3) is 3.00. The second-order valence-electron chi connectivity index (χ2n) is 3.75. The molecule has 96 valence electrons. The molecule has 0 spiro atoms. The summed E-state index contributed by atoms with van der Waals surface area (Å²) in [7, 11) is 0. The van der Waals surface area contributed by atoms with Gasteiger partial charge >= 0.3 is 0 Å². The molecular formula is C11H11Cl2N3O2. The first-order valence-electron chi connectivity index (χ1n) is 5.23. The maximum Gasteiger partial charge on any atom is 0.245 e. The van der Waals surface area contributed by atoms with Crippen LogP contribution in [-0.4, -0.2) is 21.9 Å². The Morgan fingerprint density at radius 3 is 2.83 bits per heavy atom. The molecule has 1 heterocycles. The third-order valence-corrected chi connectivity index (χ3v) is 2.95. The molecule has 0 fully saturated rings. The fraction of sp³-hybridized carbons (Fsp3) is 0.273. The van der Waals surface area contributed by atoms with Gasteiger partial charge in [-0.15, -0.1) is 0 Å². The highest BCUT2D eigenvalue weighted by molar-refractivity contribution is 6.35. The monoisotopic (exact) mass is 287 g/mol. The highest BCUT2D eigenvalue weighted by Gasteiger charge is 2.14. The van der Waals surface area contributed by atoms with E-state index >= 15 is 0 Å². The molecule has 0 radical (unpaired) electrons. The van der Waals surface area contributed by atoms with Gasteiger partial charge in [0.2, 0.25) is 5.89 Å². The molecule has 0 aliphatic carbocycles. The molecule has 0 aliphatic heterocycles. The average molecular weight is 288 g/mol.